The fourth-order valence-electron chi connectivity index (χ4n) is 1.92. The van der Waals surface area contributed by atoms with E-state index in [1.54, 1.807) is 0 Å². The van der Waals surface area contributed by atoms with E-state index in [1.807, 2.05) is 32.0 Å². The van der Waals surface area contributed by atoms with Gasteiger partial charge in [-0.25, -0.2) is 0 Å². The van der Waals surface area contributed by atoms with Gasteiger partial charge in [-0.2, -0.15) is 13.2 Å². The van der Waals surface area contributed by atoms with Gasteiger partial charge in [0, 0.05) is 16.3 Å². The Morgan fingerprint density at radius 2 is 1.71 bits per heavy atom. The largest absolute Gasteiger partial charge is 0.416 e. The molecule has 0 aliphatic heterocycles. The lowest BCUT2D eigenvalue weighted by atomic mass is 10.1. The van der Waals surface area contributed by atoms with Crippen molar-refractivity contribution in [2.45, 2.75) is 36.4 Å². The van der Waals surface area contributed by atoms with Crippen LogP contribution >= 0.6 is 11.8 Å². The van der Waals surface area contributed by atoms with E-state index in [4.69, 9.17) is 5.73 Å². The van der Waals surface area contributed by atoms with Crippen LogP contribution in [0, 0.1) is 13.8 Å². The van der Waals surface area contributed by atoms with E-state index < -0.39 is 11.7 Å². The SMILES string of the molecule is Cc1ccc(Sc2ccc(C(F)(F)F)cc2CN)cc1C. The standard InChI is InChI=1S/C16H16F3NS/c1-10-3-5-14(7-11(10)2)21-15-6-4-13(16(17,18)19)8-12(15)9-20/h3-8H,9,20H2,1-2H3. The molecule has 0 aromatic heterocycles. The first-order chi connectivity index (χ1) is 9.81. The minimum atomic E-state index is -4.34. The Kier molecular flexibility index (Phi) is 4.64. The number of aryl methyl sites for hydroxylation is 2. The highest BCUT2D eigenvalue weighted by Gasteiger charge is 2.30. The van der Waals surface area contributed by atoms with Crippen molar-refractivity contribution in [3.8, 4) is 0 Å². The molecule has 0 amide bonds. The Bertz CT molecular complexity index is 650. The van der Waals surface area contributed by atoms with Crippen LogP contribution in [0.2, 0.25) is 0 Å². The van der Waals surface area contributed by atoms with E-state index in [2.05, 4.69) is 0 Å². The molecule has 5 heteroatoms. The minimum absolute atomic E-state index is 0.0805. The van der Waals surface area contributed by atoms with Gasteiger partial charge in [-0.3, -0.25) is 0 Å². The van der Waals surface area contributed by atoms with Crippen LogP contribution in [0.15, 0.2) is 46.2 Å². The van der Waals surface area contributed by atoms with Crippen molar-refractivity contribution >= 4 is 11.8 Å². The van der Waals surface area contributed by atoms with Crippen LogP contribution < -0.4 is 5.73 Å². The summed E-state index contributed by atoms with van der Waals surface area (Å²) in [6, 6.07) is 9.71. The van der Waals surface area contributed by atoms with Crippen molar-refractivity contribution in [3.63, 3.8) is 0 Å². The number of hydrogen-bond donors (Lipinski definition) is 1. The predicted octanol–water partition coefficient (Wildman–Crippen LogP) is 4.93. The molecule has 0 fully saturated rings. The van der Waals surface area contributed by atoms with Crippen molar-refractivity contribution < 1.29 is 13.2 Å². The average molecular weight is 311 g/mol. The molecule has 0 spiro atoms. The first kappa shape index (κ1) is 15.9. The van der Waals surface area contributed by atoms with Crippen molar-refractivity contribution in [2.24, 2.45) is 5.73 Å². The highest BCUT2D eigenvalue weighted by molar-refractivity contribution is 7.99. The lowest BCUT2D eigenvalue weighted by Gasteiger charge is -2.12. The second kappa shape index (κ2) is 6.12. The number of benzene rings is 2. The lowest BCUT2D eigenvalue weighted by molar-refractivity contribution is -0.137. The number of rotatable bonds is 3. The summed E-state index contributed by atoms with van der Waals surface area (Å²) in [5.41, 5.74) is 7.78. The van der Waals surface area contributed by atoms with Crippen LogP contribution in [0.1, 0.15) is 22.3 Å². The van der Waals surface area contributed by atoms with Crippen molar-refractivity contribution in [3.05, 3.63) is 58.7 Å². The van der Waals surface area contributed by atoms with Gasteiger partial charge in [0.15, 0.2) is 0 Å². The van der Waals surface area contributed by atoms with Crippen LogP contribution in [0.25, 0.3) is 0 Å². The molecule has 0 saturated heterocycles. The van der Waals surface area contributed by atoms with Crippen LogP contribution in [0.4, 0.5) is 13.2 Å². The molecular formula is C16H16F3NS. The molecule has 2 rings (SSSR count). The Morgan fingerprint density at radius 1 is 1.00 bits per heavy atom. The summed E-state index contributed by atoms with van der Waals surface area (Å²) in [6.45, 7) is 4.11. The van der Waals surface area contributed by atoms with Gasteiger partial charge in [-0.1, -0.05) is 17.8 Å². The number of hydrogen-bond acceptors (Lipinski definition) is 2. The summed E-state index contributed by atoms with van der Waals surface area (Å²) in [5, 5.41) is 0. The molecule has 2 N–H and O–H groups in total. The molecule has 0 heterocycles. The first-order valence-electron chi connectivity index (χ1n) is 6.46. The molecular weight excluding hydrogens is 295 g/mol. The molecule has 0 unspecified atom stereocenters. The van der Waals surface area contributed by atoms with Gasteiger partial charge in [-0.05, 0) is 60.9 Å². The third kappa shape index (κ3) is 3.80. The molecule has 0 atom stereocenters. The molecule has 0 saturated carbocycles. The van der Waals surface area contributed by atoms with Gasteiger partial charge in [0.25, 0.3) is 0 Å². The second-order valence-electron chi connectivity index (χ2n) is 4.87. The van der Waals surface area contributed by atoms with Gasteiger partial charge < -0.3 is 5.73 Å². The predicted molar refractivity (Wildman–Crippen MR) is 79.4 cm³/mol. The quantitative estimate of drug-likeness (QED) is 0.869. The van der Waals surface area contributed by atoms with Gasteiger partial charge in [0.1, 0.15) is 0 Å². The second-order valence-corrected chi connectivity index (χ2v) is 5.99. The summed E-state index contributed by atoms with van der Waals surface area (Å²) in [7, 11) is 0. The molecule has 2 aromatic carbocycles. The van der Waals surface area contributed by atoms with E-state index in [1.165, 1.54) is 23.4 Å². The summed E-state index contributed by atoms with van der Waals surface area (Å²) < 4.78 is 38.1. The van der Waals surface area contributed by atoms with Crippen LogP contribution in [-0.2, 0) is 12.7 Å². The summed E-state index contributed by atoms with van der Waals surface area (Å²) >= 11 is 1.43. The van der Waals surface area contributed by atoms with Gasteiger partial charge >= 0.3 is 6.18 Å². The number of alkyl halides is 3. The number of nitrogens with two attached hydrogens (primary N) is 1. The number of halogens is 3. The van der Waals surface area contributed by atoms with Crippen LogP contribution in [0.5, 0.6) is 0 Å². The first-order valence-corrected chi connectivity index (χ1v) is 7.28. The Morgan fingerprint density at radius 3 is 2.29 bits per heavy atom. The van der Waals surface area contributed by atoms with E-state index in [9.17, 15) is 13.2 Å². The zero-order valence-corrected chi connectivity index (χ0v) is 12.6. The zero-order valence-electron chi connectivity index (χ0n) is 11.8. The fourth-order valence-corrected chi connectivity index (χ4v) is 2.95. The molecule has 112 valence electrons. The van der Waals surface area contributed by atoms with Gasteiger partial charge in [0.05, 0.1) is 5.56 Å². The lowest BCUT2D eigenvalue weighted by Crippen LogP contribution is -2.07. The summed E-state index contributed by atoms with van der Waals surface area (Å²) in [6.07, 6.45) is -4.34. The highest BCUT2D eigenvalue weighted by atomic mass is 32.2. The van der Waals surface area contributed by atoms with E-state index in [0.717, 1.165) is 27.5 Å². The van der Waals surface area contributed by atoms with Crippen molar-refractivity contribution in [1.82, 2.24) is 0 Å². The molecule has 0 aliphatic rings. The Hall–Kier alpha value is -1.46. The smallest absolute Gasteiger partial charge is 0.326 e. The van der Waals surface area contributed by atoms with E-state index in [0.29, 0.717) is 5.56 Å². The maximum atomic E-state index is 12.7. The Labute approximate surface area is 126 Å². The van der Waals surface area contributed by atoms with Crippen LogP contribution in [-0.4, -0.2) is 0 Å². The zero-order chi connectivity index (χ0) is 15.6. The van der Waals surface area contributed by atoms with Crippen molar-refractivity contribution in [2.75, 3.05) is 0 Å². The molecule has 21 heavy (non-hydrogen) atoms. The topological polar surface area (TPSA) is 26.0 Å². The Balaban J connectivity index is 2.33. The minimum Gasteiger partial charge on any atom is -0.326 e. The molecule has 0 aliphatic carbocycles. The molecule has 0 radical (unpaired) electrons. The van der Waals surface area contributed by atoms with Crippen molar-refractivity contribution in [1.29, 1.82) is 0 Å². The van der Waals surface area contributed by atoms with Gasteiger partial charge in [-0.15, -0.1) is 0 Å². The third-order valence-electron chi connectivity index (χ3n) is 3.31. The summed E-state index contributed by atoms with van der Waals surface area (Å²) in [5.74, 6) is 0. The fraction of sp³-hybridized carbons (Fsp3) is 0.250. The molecule has 1 nitrogen and oxygen atoms in total. The highest BCUT2D eigenvalue weighted by Crippen LogP contribution is 2.36. The van der Waals surface area contributed by atoms with Crippen LogP contribution in [0.3, 0.4) is 0 Å². The maximum Gasteiger partial charge on any atom is 0.416 e. The van der Waals surface area contributed by atoms with E-state index >= 15 is 0 Å². The van der Waals surface area contributed by atoms with Gasteiger partial charge in [0.2, 0.25) is 0 Å². The molecule has 2 aromatic rings. The normalized spacial score (nSPS) is 11.7. The summed E-state index contributed by atoms with van der Waals surface area (Å²) in [4.78, 5) is 1.75. The maximum absolute atomic E-state index is 12.7. The monoisotopic (exact) mass is 311 g/mol. The average Bonchev–Trinajstić information content (AvgIpc) is 2.42. The third-order valence-corrected chi connectivity index (χ3v) is 4.42. The molecule has 0 bridgehead atoms. The van der Waals surface area contributed by atoms with E-state index in [-0.39, 0.29) is 6.54 Å².